The number of carbonyl (C=O) groups excluding carboxylic acids is 1. The van der Waals surface area contributed by atoms with Crippen LogP contribution in [-0.2, 0) is 9.53 Å². The molecule has 0 aliphatic heterocycles. The molecule has 0 aromatic rings. The van der Waals surface area contributed by atoms with Crippen LogP contribution in [0.5, 0.6) is 0 Å². The number of ether oxygens (including phenoxy) is 1. The summed E-state index contributed by atoms with van der Waals surface area (Å²) in [4.78, 5) is 10.4. The highest BCUT2D eigenvalue weighted by Crippen LogP contribution is 1.91. The highest BCUT2D eigenvalue weighted by molar-refractivity contribution is 5.81. The third-order valence-corrected chi connectivity index (χ3v) is 0.956. The second-order valence-electron chi connectivity index (χ2n) is 1.81. The lowest BCUT2D eigenvalue weighted by molar-refractivity contribution is -0.134. The molecule has 0 aromatic heterocycles. The van der Waals surface area contributed by atoms with E-state index in [1.54, 1.807) is 6.07 Å². The van der Waals surface area contributed by atoms with Crippen LogP contribution in [0.3, 0.4) is 0 Å². The SMILES string of the molecule is COC(=O)/C=C/[C@@H](O)CC#N. The molecule has 0 amide bonds. The summed E-state index contributed by atoms with van der Waals surface area (Å²) in [6.07, 6.45) is 1.39. The number of nitriles is 1. The van der Waals surface area contributed by atoms with Gasteiger partial charge in [-0.05, 0) is 6.08 Å². The normalized spacial score (nSPS) is 12.5. The number of carbonyl (C=O) groups is 1. The van der Waals surface area contributed by atoms with Crippen LogP contribution in [0.1, 0.15) is 6.42 Å². The second kappa shape index (κ2) is 5.45. The molecular weight excluding hydrogens is 146 g/mol. The molecule has 4 heteroatoms. The van der Waals surface area contributed by atoms with Gasteiger partial charge in [-0.15, -0.1) is 0 Å². The summed E-state index contributed by atoms with van der Waals surface area (Å²) in [7, 11) is 1.24. The first-order chi connectivity index (χ1) is 5.20. The Balaban J connectivity index is 3.74. The summed E-state index contributed by atoms with van der Waals surface area (Å²) in [5, 5.41) is 17.0. The molecular formula is C7H9NO3. The topological polar surface area (TPSA) is 70.3 Å². The van der Waals surface area contributed by atoms with Gasteiger partial charge in [-0.3, -0.25) is 0 Å². The second-order valence-corrected chi connectivity index (χ2v) is 1.81. The summed E-state index contributed by atoms with van der Waals surface area (Å²) >= 11 is 0. The molecule has 11 heavy (non-hydrogen) atoms. The van der Waals surface area contributed by atoms with Crippen molar-refractivity contribution in [3.63, 3.8) is 0 Å². The lowest BCUT2D eigenvalue weighted by Gasteiger charge is -1.95. The standard InChI is InChI=1S/C7H9NO3/c1-11-7(10)3-2-6(9)4-5-8/h2-3,6,9H,4H2,1H3/b3-2+/t6-/m1/s1. The molecule has 0 spiro atoms. The first-order valence-corrected chi connectivity index (χ1v) is 3.02. The number of hydrogen-bond acceptors (Lipinski definition) is 4. The van der Waals surface area contributed by atoms with E-state index in [1.807, 2.05) is 0 Å². The van der Waals surface area contributed by atoms with Crippen LogP contribution >= 0.6 is 0 Å². The molecule has 0 unspecified atom stereocenters. The van der Waals surface area contributed by atoms with Gasteiger partial charge in [0.25, 0.3) is 0 Å². The zero-order valence-corrected chi connectivity index (χ0v) is 6.15. The van der Waals surface area contributed by atoms with Gasteiger partial charge >= 0.3 is 5.97 Å². The summed E-state index contributed by atoms with van der Waals surface area (Å²) in [6, 6.07) is 1.76. The largest absolute Gasteiger partial charge is 0.466 e. The van der Waals surface area contributed by atoms with Gasteiger partial charge in [-0.2, -0.15) is 5.26 Å². The average molecular weight is 155 g/mol. The molecule has 0 saturated heterocycles. The minimum atomic E-state index is -0.890. The van der Waals surface area contributed by atoms with E-state index in [4.69, 9.17) is 10.4 Å². The third-order valence-electron chi connectivity index (χ3n) is 0.956. The Morgan fingerprint density at radius 3 is 3.00 bits per heavy atom. The van der Waals surface area contributed by atoms with Crippen LogP contribution < -0.4 is 0 Å². The third kappa shape index (κ3) is 5.12. The molecule has 60 valence electrons. The Kier molecular flexibility index (Phi) is 4.78. The van der Waals surface area contributed by atoms with Crippen molar-refractivity contribution in [2.24, 2.45) is 0 Å². The Morgan fingerprint density at radius 2 is 2.55 bits per heavy atom. The zero-order chi connectivity index (χ0) is 8.69. The maximum Gasteiger partial charge on any atom is 0.330 e. The van der Waals surface area contributed by atoms with E-state index in [0.29, 0.717) is 0 Å². The van der Waals surface area contributed by atoms with E-state index >= 15 is 0 Å². The Morgan fingerprint density at radius 1 is 1.91 bits per heavy atom. The van der Waals surface area contributed by atoms with E-state index in [-0.39, 0.29) is 6.42 Å². The van der Waals surface area contributed by atoms with Crippen molar-refractivity contribution < 1.29 is 14.6 Å². The van der Waals surface area contributed by atoms with Crippen LogP contribution in [-0.4, -0.2) is 24.3 Å². The lowest BCUT2D eigenvalue weighted by Crippen LogP contribution is -2.02. The first kappa shape index (κ1) is 9.66. The molecule has 4 nitrogen and oxygen atoms in total. The molecule has 1 atom stereocenters. The van der Waals surface area contributed by atoms with Gasteiger partial charge in [0.2, 0.25) is 0 Å². The van der Waals surface area contributed by atoms with Crippen molar-refractivity contribution in [1.29, 1.82) is 5.26 Å². The Bertz CT molecular complexity index is 192. The smallest absolute Gasteiger partial charge is 0.330 e. The molecule has 0 heterocycles. The van der Waals surface area contributed by atoms with Gasteiger partial charge in [0.15, 0.2) is 0 Å². The Hall–Kier alpha value is -1.34. The number of aliphatic hydroxyl groups excluding tert-OH is 1. The maximum atomic E-state index is 10.4. The van der Waals surface area contributed by atoms with Crippen LogP contribution in [0.4, 0.5) is 0 Å². The molecule has 0 rings (SSSR count). The van der Waals surface area contributed by atoms with Gasteiger partial charge in [0, 0.05) is 6.08 Å². The quantitative estimate of drug-likeness (QED) is 0.459. The van der Waals surface area contributed by atoms with Gasteiger partial charge in [-0.1, -0.05) is 0 Å². The predicted octanol–water partition coefficient (Wildman–Crippen LogP) is -0.00982. The van der Waals surface area contributed by atoms with E-state index in [2.05, 4.69) is 4.74 Å². The van der Waals surface area contributed by atoms with Gasteiger partial charge in [-0.25, -0.2) is 4.79 Å². The summed E-state index contributed by atoms with van der Waals surface area (Å²) in [5.41, 5.74) is 0. The number of esters is 1. The van der Waals surface area contributed by atoms with E-state index in [9.17, 15) is 4.79 Å². The van der Waals surface area contributed by atoms with Crippen molar-refractivity contribution in [2.75, 3.05) is 7.11 Å². The summed E-state index contributed by atoms with van der Waals surface area (Å²) in [5.74, 6) is -0.540. The zero-order valence-electron chi connectivity index (χ0n) is 6.15. The molecule has 0 radical (unpaired) electrons. The fraction of sp³-hybridized carbons (Fsp3) is 0.429. The number of hydrogen-bond donors (Lipinski definition) is 1. The molecule has 0 saturated carbocycles. The molecule has 1 N–H and O–H groups in total. The summed E-state index contributed by atoms with van der Waals surface area (Å²) < 4.78 is 4.26. The van der Waals surface area contributed by atoms with Gasteiger partial charge < -0.3 is 9.84 Å². The highest BCUT2D eigenvalue weighted by Gasteiger charge is 1.97. The number of methoxy groups -OCH3 is 1. The fourth-order valence-corrected chi connectivity index (χ4v) is 0.419. The number of aliphatic hydroxyl groups is 1. The Labute approximate surface area is 64.7 Å². The highest BCUT2D eigenvalue weighted by atomic mass is 16.5. The van der Waals surface area contributed by atoms with Crippen LogP contribution in [0.2, 0.25) is 0 Å². The molecule has 0 aromatic carbocycles. The van der Waals surface area contributed by atoms with Gasteiger partial charge in [0.1, 0.15) is 0 Å². The van der Waals surface area contributed by atoms with E-state index in [0.717, 1.165) is 6.08 Å². The van der Waals surface area contributed by atoms with Crippen molar-refractivity contribution in [3.8, 4) is 6.07 Å². The molecule has 0 fully saturated rings. The monoisotopic (exact) mass is 155 g/mol. The van der Waals surface area contributed by atoms with E-state index in [1.165, 1.54) is 13.2 Å². The molecule has 0 bridgehead atoms. The van der Waals surface area contributed by atoms with Crippen molar-refractivity contribution in [2.45, 2.75) is 12.5 Å². The lowest BCUT2D eigenvalue weighted by atomic mass is 10.2. The summed E-state index contributed by atoms with van der Waals surface area (Å²) in [6.45, 7) is 0. The number of rotatable bonds is 3. The minimum Gasteiger partial charge on any atom is -0.466 e. The van der Waals surface area contributed by atoms with Crippen LogP contribution in [0.15, 0.2) is 12.2 Å². The maximum absolute atomic E-state index is 10.4. The van der Waals surface area contributed by atoms with Gasteiger partial charge in [0.05, 0.1) is 25.7 Å². The van der Waals surface area contributed by atoms with Crippen LogP contribution in [0, 0.1) is 11.3 Å². The minimum absolute atomic E-state index is 0.0203. The van der Waals surface area contributed by atoms with Crippen molar-refractivity contribution in [3.05, 3.63) is 12.2 Å². The first-order valence-electron chi connectivity index (χ1n) is 3.02. The van der Waals surface area contributed by atoms with Crippen molar-refractivity contribution >= 4 is 5.97 Å². The van der Waals surface area contributed by atoms with Crippen LogP contribution in [0.25, 0.3) is 0 Å². The van der Waals surface area contributed by atoms with E-state index < -0.39 is 12.1 Å². The molecule has 0 aliphatic carbocycles. The number of nitrogens with zero attached hydrogens (tertiary/aromatic N) is 1. The fourth-order valence-electron chi connectivity index (χ4n) is 0.419. The molecule has 0 aliphatic rings. The predicted molar refractivity (Wildman–Crippen MR) is 37.4 cm³/mol. The van der Waals surface area contributed by atoms with Crippen molar-refractivity contribution in [1.82, 2.24) is 0 Å². The average Bonchev–Trinajstić information content (AvgIpc) is 2.01.